The van der Waals surface area contributed by atoms with E-state index in [1.807, 2.05) is 51.1 Å². The van der Waals surface area contributed by atoms with Crippen LogP contribution in [0.1, 0.15) is 34.1 Å². The molecule has 4 nitrogen and oxygen atoms in total. The fourth-order valence-corrected chi connectivity index (χ4v) is 2.39. The number of carbonyl (C=O) groups is 2. The number of rotatable bonds is 2. The van der Waals surface area contributed by atoms with Crippen molar-refractivity contribution in [2.75, 3.05) is 11.4 Å². The molecule has 0 bridgehead atoms. The Morgan fingerprint density at radius 1 is 1.25 bits per heavy atom. The maximum atomic E-state index is 12.6. The molecule has 1 aromatic rings. The quantitative estimate of drug-likeness (QED) is 0.842. The zero-order valence-electron chi connectivity index (χ0n) is 12.6. The van der Waals surface area contributed by atoms with Gasteiger partial charge in [-0.25, -0.2) is 0 Å². The molecule has 1 fully saturated rings. The summed E-state index contributed by atoms with van der Waals surface area (Å²) in [6.45, 7) is 8.07. The average Bonchev–Trinajstić information content (AvgIpc) is 2.67. The Balaban J connectivity index is 2.20. The fraction of sp³-hybridized carbons (Fsp3) is 0.500. The zero-order chi connectivity index (χ0) is 15.0. The summed E-state index contributed by atoms with van der Waals surface area (Å²) < 4.78 is 0. The lowest BCUT2D eigenvalue weighted by atomic mass is 9.86. The molecule has 2 rings (SSSR count). The third-order valence-electron chi connectivity index (χ3n) is 3.61. The molecule has 1 heterocycles. The average molecular weight is 274 g/mol. The molecule has 1 aliphatic rings. The largest absolute Gasteiger partial charge is 0.351 e. The van der Waals surface area contributed by atoms with Crippen LogP contribution in [0.3, 0.4) is 0 Å². The first-order valence-corrected chi connectivity index (χ1v) is 6.94. The molecule has 2 amide bonds. The van der Waals surface area contributed by atoms with Crippen LogP contribution in [0.4, 0.5) is 5.69 Å². The highest BCUT2D eigenvalue weighted by atomic mass is 16.2. The van der Waals surface area contributed by atoms with Gasteiger partial charge in [0.15, 0.2) is 0 Å². The Morgan fingerprint density at radius 3 is 2.40 bits per heavy atom. The molecule has 1 aromatic carbocycles. The number of amides is 2. The van der Waals surface area contributed by atoms with E-state index < -0.39 is 5.41 Å². The van der Waals surface area contributed by atoms with E-state index in [4.69, 9.17) is 0 Å². The minimum absolute atomic E-state index is 0.120. The highest BCUT2D eigenvalue weighted by Gasteiger charge is 2.49. The number of hydrogen-bond donors (Lipinski definition) is 1. The molecule has 4 heteroatoms. The van der Waals surface area contributed by atoms with Crippen molar-refractivity contribution in [1.29, 1.82) is 0 Å². The smallest absolute Gasteiger partial charge is 0.242 e. The van der Waals surface area contributed by atoms with Crippen LogP contribution in [0, 0.1) is 5.41 Å². The molecule has 0 aliphatic carbocycles. The maximum Gasteiger partial charge on any atom is 0.242 e. The van der Waals surface area contributed by atoms with E-state index in [9.17, 15) is 9.59 Å². The molecular formula is C16H22N2O2. The Labute approximate surface area is 120 Å². The van der Waals surface area contributed by atoms with Gasteiger partial charge >= 0.3 is 0 Å². The minimum Gasteiger partial charge on any atom is -0.351 e. The number of hydrogen-bond acceptors (Lipinski definition) is 2. The van der Waals surface area contributed by atoms with Gasteiger partial charge in [-0.2, -0.15) is 0 Å². The lowest BCUT2D eigenvalue weighted by Crippen LogP contribution is -2.51. The monoisotopic (exact) mass is 274 g/mol. The van der Waals surface area contributed by atoms with Crippen LogP contribution in [-0.2, 0) is 9.59 Å². The van der Waals surface area contributed by atoms with Crippen molar-refractivity contribution in [3.8, 4) is 0 Å². The lowest BCUT2D eigenvalue weighted by molar-refractivity contribution is -0.139. The third-order valence-corrected chi connectivity index (χ3v) is 3.61. The molecule has 108 valence electrons. The van der Waals surface area contributed by atoms with Crippen LogP contribution in [0.5, 0.6) is 0 Å². The molecule has 1 saturated heterocycles. The van der Waals surface area contributed by atoms with Crippen molar-refractivity contribution < 1.29 is 9.59 Å². The van der Waals surface area contributed by atoms with E-state index in [0.29, 0.717) is 13.0 Å². The highest BCUT2D eigenvalue weighted by Crippen LogP contribution is 2.35. The van der Waals surface area contributed by atoms with E-state index in [2.05, 4.69) is 5.32 Å². The molecule has 20 heavy (non-hydrogen) atoms. The molecule has 1 N–H and O–H groups in total. The van der Waals surface area contributed by atoms with E-state index in [1.165, 1.54) is 0 Å². The summed E-state index contributed by atoms with van der Waals surface area (Å²) in [4.78, 5) is 26.7. The molecule has 1 aliphatic heterocycles. The van der Waals surface area contributed by atoms with Gasteiger partial charge in [0, 0.05) is 17.8 Å². The van der Waals surface area contributed by atoms with Crippen LogP contribution >= 0.6 is 0 Å². The molecular weight excluding hydrogens is 252 g/mol. The van der Waals surface area contributed by atoms with Crippen LogP contribution in [0.15, 0.2) is 30.3 Å². The third kappa shape index (κ3) is 2.69. The van der Waals surface area contributed by atoms with Crippen molar-refractivity contribution in [2.24, 2.45) is 5.41 Å². The number of nitrogens with one attached hydrogen (secondary N) is 1. The number of anilines is 1. The Kier molecular flexibility index (Phi) is 3.59. The molecule has 1 unspecified atom stereocenters. The topological polar surface area (TPSA) is 49.4 Å². The minimum atomic E-state index is -0.969. The second kappa shape index (κ2) is 4.93. The summed E-state index contributed by atoms with van der Waals surface area (Å²) in [7, 11) is 0. The second-order valence-corrected chi connectivity index (χ2v) is 6.58. The number of carbonyl (C=O) groups excluding carboxylic acids is 2. The molecule has 0 aromatic heterocycles. The molecule has 0 saturated carbocycles. The lowest BCUT2D eigenvalue weighted by Gasteiger charge is -2.28. The van der Waals surface area contributed by atoms with Crippen molar-refractivity contribution in [3.05, 3.63) is 30.3 Å². The van der Waals surface area contributed by atoms with Gasteiger partial charge in [0.2, 0.25) is 11.8 Å². The summed E-state index contributed by atoms with van der Waals surface area (Å²) in [6, 6.07) is 9.49. The number of benzene rings is 1. The van der Waals surface area contributed by atoms with E-state index >= 15 is 0 Å². The summed E-state index contributed by atoms with van der Waals surface area (Å²) >= 11 is 0. The van der Waals surface area contributed by atoms with E-state index in [0.717, 1.165) is 5.69 Å². The van der Waals surface area contributed by atoms with Crippen LogP contribution < -0.4 is 10.2 Å². The van der Waals surface area contributed by atoms with Gasteiger partial charge in [-0.1, -0.05) is 18.2 Å². The van der Waals surface area contributed by atoms with Gasteiger partial charge in [-0.15, -0.1) is 0 Å². The van der Waals surface area contributed by atoms with Crippen molar-refractivity contribution >= 4 is 17.5 Å². The number of nitrogens with zero attached hydrogens (tertiary/aromatic N) is 1. The fourth-order valence-electron chi connectivity index (χ4n) is 2.39. The summed E-state index contributed by atoms with van der Waals surface area (Å²) in [5, 5.41) is 2.92. The molecule has 1 atom stereocenters. The van der Waals surface area contributed by atoms with Gasteiger partial charge in [-0.05, 0) is 46.2 Å². The summed E-state index contributed by atoms with van der Waals surface area (Å²) in [5.74, 6) is -0.307. The van der Waals surface area contributed by atoms with Crippen LogP contribution in [-0.4, -0.2) is 23.9 Å². The van der Waals surface area contributed by atoms with Gasteiger partial charge in [0.1, 0.15) is 5.41 Å². The molecule has 0 radical (unpaired) electrons. The number of para-hydroxylation sites is 1. The summed E-state index contributed by atoms with van der Waals surface area (Å²) in [5.41, 5.74) is -0.450. The maximum absolute atomic E-state index is 12.6. The first kappa shape index (κ1) is 14.6. The van der Waals surface area contributed by atoms with Crippen LogP contribution in [0.2, 0.25) is 0 Å². The van der Waals surface area contributed by atoms with Crippen molar-refractivity contribution in [2.45, 2.75) is 39.7 Å². The van der Waals surface area contributed by atoms with Gasteiger partial charge < -0.3 is 10.2 Å². The Morgan fingerprint density at radius 2 is 1.85 bits per heavy atom. The van der Waals surface area contributed by atoms with E-state index in [1.54, 1.807) is 11.8 Å². The van der Waals surface area contributed by atoms with E-state index in [-0.39, 0.29) is 17.4 Å². The Hall–Kier alpha value is -1.84. The van der Waals surface area contributed by atoms with Crippen molar-refractivity contribution in [3.63, 3.8) is 0 Å². The predicted molar refractivity (Wildman–Crippen MR) is 79.4 cm³/mol. The highest BCUT2D eigenvalue weighted by molar-refractivity contribution is 6.13. The zero-order valence-corrected chi connectivity index (χ0v) is 12.6. The van der Waals surface area contributed by atoms with Gasteiger partial charge in [-0.3, -0.25) is 9.59 Å². The van der Waals surface area contributed by atoms with Crippen molar-refractivity contribution in [1.82, 2.24) is 5.32 Å². The normalized spacial score (nSPS) is 23.0. The van der Waals surface area contributed by atoms with Gasteiger partial charge in [0.05, 0.1) is 0 Å². The SMILES string of the molecule is CC(C)(C)NC(=O)C1(C)CCN(c2ccccc2)C1=O. The standard InChI is InChI=1S/C16H22N2O2/c1-15(2,3)17-13(19)16(4)10-11-18(14(16)20)12-8-6-5-7-9-12/h5-9H,10-11H2,1-4H3,(H,17,19). The summed E-state index contributed by atoms with van der Waals surface area (Å²) in [6.07, 6.45) is 0.544. The predicted octanol–water partition coefficient (Wildman–Crippen LogP) is 2.34. The Bertz CT molecular complexity index is 519. The first-order chi connectivity index (χ1) is 9.24. The second-order valence-electron chi connectivity index (χ2n) is 6.58. The first-order valence-electron chi connectivity index (χ1n) is 6.94. The van der Waals surface area contributed by atoms with Gasteiger partial charge in [0.25, 0.3) is 0 Å². The molecule has 0 spiro atoms. The van der Waals surface area contributed by atoms with Crippen LogP contribution in [0.25, 0.3) is 0 Å².